The highest BCUT2D eigenvalue weighted by molar-refractivity contribution is 5.97. The van der Waals surface area contributed by atoms with Crippen molar-refractivity contribution in [1.82, 2.24) is 10.6 Å². The van der Waals surface area contributed by atoms with Gasteiger partial charge >= 0.3 is 0 Å². The van der Waals surface area contributed by atoms with E-state index in [0.29, 0.717) is 12.0 Å². The number of aliphatic hydroxyl groups excluding tert-OH is 1. The molecule has 1 aromatic rings. The first-order chi connectivity index (χ1) is 10.1. The predicted molar refractivity (Wildman–Crippen MR) is 79.8 cm³/mol. The van der Waals surface area contributed by atoms with E-state index in [-0.39, 0.29) is 36.9 Å². The minimum atomic E-state index is -0.251. The summed E-state index contributed by atoms with van der Waals surface area (Å²) < 4.78 is 0. The van der Waals surface area contributed by atoms with E-state index >= 15 is 0 Å². The van der Waals surface area contributed by atoms with Crippen LogP contribution < -0.4 is 10.6 Å². The number of hydrogen-bond acceptors (Lipinski definition) is 3. The summed E-state index contributed by atoms with van der Waals surface area (Å²) in [5.74, 6) is -0.375. The highest BCUT2D eigenvalue weighted by Gasteiger charge is 2.19. The van der Waals surface area contributed by atoms with Gasteiger partial charge in [0.1, 0.15) is 0 Å². The first-order valence-corrected chi connectivity index (χ1v) is 7.02. The van der Waals surface area contributed by atoms with Crippen LogP contribution in [0.4, 0.5) is 0 Å². The molecule has 0 fully saturated rings. The van der Waals surface area contributed by atoms with Crippen LogP contribution >= 0.6 is 0 Å². The number of nitrogens with one attached hydrogen (secondary N) is 2. The lowest BCUT2D eigenvalue weighted by atomic mass is 10.1. The molecule has 5 heteroatoms. The molecular weight excluding hydrogens is 268 g/mol. The van der Waals surface area contributed by atoms with Crippen LogP contribution in [0.3, 0.4) is 0 Å². The Morgan fingerprint density at radius 3 is 2.71 bits per heavy atom. The first kappa shape index (κ1) is 15.3. The summed E-state index contributed by atoms with van der Waals surface area (Å²) in [7, 11) is 0. The second-order valence-electron chi connectivity index (χ2n) is 5.23. The van der Waals surface area contributed by atoms with Gasteiger partial charge in [-0.25, -0.2) is 0 Å². The second-order valence-corrected chi connectivity index (χ2v) is 5.23. The van der Waals surface area contributed by atoms with Crippen molar-refractivity contribution in [2.75, 3.05) is 13.2 Å². The van der Waals surface area contributed by atoms with E-state index in [0.717, 1.165) is 5.56 Å². The Kier molecular flexibility index (Phi) is 5.11. The van der Waals surface area contributed by atoms with Crippen LogP contribution in [0, 0.1) is 12.8 Å². The molecule has 0 saturated carbocycles. The van der Waals surface area contributed by atoms with Crippen molar-refractivity contribution in [3.8, 4) is 0 Å². The third kappa shape index (κ3) is 4.16. The van der Waals surface area contributed by atoms with Crippen molar-refractivity contribution in [3.63, 3.8) is 0 Å². The quantitative estimate of drug-likeness (QED) is 0.701. The minimum Gasteiger partial charge on any atom is -0.396 e. The molecule has 2 rings (SSSR count). The summed E-state index contributed by atoms with van der Waals surface area (Å²) in [5, 5.41) is 14.5. The van der Waals surface area contributed by atoms with Crippen molar-refractivity contribution >= 4 is 11.8 Å². The molecule has 0 unspecified atom stereocenters. The Balaban J connectivity index is 1.78. The molecule has 0 saturated heterocycles. The number of hydrogen-bond donors (Lipinski definition) is 3. The molecule has 1 aliphatic carbocycles. The minimum absolute atomic E-state index is 0.0543. The molecular formula is C16H20N2O3. The summed E-state index contributed by atoms with van der Waals surface area (Å²) in [4.78, 5) is 23.8. The molecule has 0 radical (unpaired) electrons. The Labute approximate surface area is 124 Å². The van der Waals surface area contributed by atoms with Gasteiger partial charge in [-0.15, -0.1) is 0 Å². The van der Waals surface area contributed by atoms with Gasteiger partial charge in [0.05, 0.1) is 6.54 Å². The zero-order chi connectivity index (χ0) is 15.2. The van der Waals surface area contributed by atoms with Gasteiger partial charge in [-0.1, -0.05) is 30.4 Å². The summed E-state index contributed by atoms with van der Waals surface area (Å²) in [5.41, 5.74) is 1.45. The van der Waals surface area contributed by atoms with Gasteiger partial charge in [-0.3, -0.25) is 9.59 Å². The van der Waals surface area contributed by atoms with Crippen LogP contribution in [0.15, 0.2) is 36.4 Å². The van der Waals surface area contributed by atoms with Crippen molar-refractivity contribution in [1.29, 1.82) is 0 Å². The standard InChI is InChI=1S/C16H20N2O3/c1-11-4-2-3-5-14(11)16(21)17-9-15(20)18-13-7-6-12(8-13)10-19/h2-7,12-13,19H,8-10H2,1H3,(H,17,21)(H,18,20)/t12-,13+/m0/s1. The van der Waals surface area contributed by atoms with Crippen LogP contribution in [-0.2, 0) is 4.79 Å². The van der Waals surface area contributed by atoms with E-state index in [1.54, 1.807) is 12.1 Å². The molecule has 1 aliphatic rings. The lowest BCUT2D eigenvalue weighted by Crippen LogP contribution is -2.41. The number of amides is 2. The van der Waals surface area contributed by atoms with E-state index in [2.05, 4.69) is 10.6 Å². The first-order valence-electron chi connectivity index (χ1n) is 7.02. The van der Waals surface area contributed by atoms with Crippen molar-refractivity contribution < 1.29 is 14.7 Å². The number of rotatable bonds is 5. The van der Waals surface area contributed by atoms with E-state index in [9.17, 15) is 9.59 Å². The molecule has 21 heavy (non-hydrogen) atoms. The maximum absolute atomic E-state index is 12.0. The summed E-state index contributed by atoms with van der Waals surface area (Å²) in [6.07, 6.45) is 4.48. The monoisotopic (exact) mass is 288 g/mol. The van der Waals surface area contributed by atoms with Crippen LogP contribution in [0.2, 0.25) is 0 Å². The SMILES string of the molecule is Cc1ccccc1C(=O)NCC(=O)N[C@@H]1C=C[C@H](CO)C1. The van der Waals surface area contributed by atoms with Crippen LogP contribution in [-0.4, -0.2) is 36.1 Å². The van der Waals surface area contributed by atoms with Gasteiger partial charge in [0.2, 0.25) is 5.91 Å². The molecule has 3 N–H and O–H groups in total. The maximum atomic E-state index is 12.0. The molecule has 2 amide bonds. The molecule has 2 atom stereocenters. The fraction of sp³-hybridized carbons (Fsp3) is 0.375. The average Bonchev–Trinajstić information content (AvgIpc) is 2.93. The summed E-state index contributed by atoms with van der Waals surface area (Å²) in [6, 6.07) is 7.18. The molecule has 0 heterocycles. The van der Waals surface area contributed by atoms with E-state index < -0.39 is 0 Å². The molecule has 0 spiro atoms. The summed E-state index contributed by atoms with van der Waals surface area (Å²) in [6.45, 7) is 1.89. The number of aliphatic hydroxyl groups is 1. The predicted octanol–water partition coefficient (Wildman–Crippen LogP) is 0.778. The van der Waals surface area contributed by atoms with Crippen molar-refractivity contribution in [2.45, 2.75) is 19.4 Å². The van der Waals surface area contributed by atoms with Gasteiger partial charge in [-0.05, 0) is 25.0 Å². The average molecular weight is 288 g/mol. The normalized spacial score (nSPS) is 20.3. The molecule has 112 valence electrons. The third-order valence-electron chi connectivity index (χ3n) is 3.55. The van der Waals surface area contributed by atoms with E-state index in [4.69, 9.17) is 5.11 Å². The lowest BCUT2D eigenvalue weighted by Gasteiger charge is -2.13. The number of aryl methyl sites for hydroxylation is 1. The van der Waals surface area contributed by atoms with Crippen LogP contribution in [0.5, 0.6) is 0 Å². The van der Waals surface area contributed by atoms with Crippen molar-refractivity contribution in [3.05, 3.63) is 47.5 Å². The third-order valence-corrected chi connectivity index (χ3v) is 3.55. The topological polar surface area (TPSA) is 78.4 Å². The largest absolute Gasteiger partial charge is 0.396 e. The number of benzene rings is 1. The summed E-state index contributed by atoms with van der Waals surface area (Å²) >= 11 is 0. The fourth-order valence-corrected chi connectivity index (χ4v) is 2.36. The van der Waals surface area contributed by atoms with Gasteiger partial charge in [0.15, 0.2) is 0 Å². The second kappa shape index (κ2) is 7.04. The fourth-order valence-electron chi connectivity index (χ4n) is 2.36. The Bertz CT molecular complexity index is 554. The molecule has 0 aliphatic heterocycles. The number of carbonyl (C=O) groups is 2. The Morgan fingerprint density at radius 1 is 1.29 bits per heavy atom. The van der Waals surface area contributed by atoms with E-state index in [1.165, 1.54) is 0 Å². The van der Waals surface area contributed by atoms with Gasteiger partial charge < -0.3 is 15.7 Å². The molecule has 1 aromatic carbocycles. The lowest BCUT2D eigenvalue weighted by molar-refractivity contribution is -0.120. The van der Waals surface area contributed by atoms with Gasteiger partial charge in [0, 0.05) is 24.1 Å². The van der Waals surface area contributed by atoms with Gasteiger partial charge in [0.25, 0.3) is 5.91 Å². The van der Waals surface area contributed by atoms with Crippen LogP contribution in [0.25, 0.3) is 0 Å². The smallest absolute Gasteiger partial charge is 0.251 e. The zero-order valence-electron chi connectivity index (χ0n) is 12.0. The van der Waals surface area contributed by atoms with Crippen LogP contribution in [0.1, 0.15) is 22.3 Å². The maximum Gasteiger partial charge on any atom is 0.251 e. The van der Waals surface area contributed by atoms with E-state index in [1.807, 2.05) is 31.2 Å². The molecule has 0 bridgehead atoms. The molecule has 5 nitrogen and oxygen atoms in total. The molecule has 0 aromatic heterocycles. The Morgan fingerprint density at radius 2 is 2.05 bits per heavy atom. The van der Waals surface area contributed by atoms with Gasteiger partial charge in [-0.2, -0.15) is 0 Å². The highest BCUT2D eigenvalue weighted by Crippen LogP contribution is 2.16. The van der Waals surface area contributed by atoms with Crippen molar-refractivity contribution in [2.24, 2.45) is 5.92 Å². The highest BCUT2D eigenvalue weighted by atomic mass is 16.3. The Hall–Kier alpha value is -2.14. The number of carbonyl (C=O) groups excluding carboxylic acids is 2. The zero-order valence-corrected chi connectivity index (χ0v) is 12.0.